The summed E-state index contributed by atoms with van der Waals surface area (Å²) in [5.41, 5.74) is 2.55. The molecule has 29 heavy (non-hydrogen) atoms. The monoisotopic (exact) mass is 427 g/mol. The third-order valence-electron chi connectivity index (χ3n) is 4.81. The summed E-state index contributed by atoms with van der Waals surface area (Å²) in [6, 6.07) is 13.0. The van der Waals surface area contributed by atoms with Gasteiger partial charge in [-0.05, 0) is 48.5 Å². The smallest absolute Gasteiger partial charge is 0.319 e. The molecule has 0 bridgehead atoms. The molecular weight excluding hydrogens is 413 g/mol. The van der Waals surface area contributed by atoms with Crippen molar-refractivity contribution in [2.75, 3.05) is 11.9 Å². The topological polar surface area (TPSA) is 62.5 Å². The molecule has 6 nitrogen and oxygen atoms in total. The summed E-state index contributed by atoms with van der Waals surface area (Å²) in [7, 11) is 0. The molecule has 1 aliphatic rings. The second-order valence-electron chi connectivity index (χ2n) is 6.72. The van der Waals surface area contributed by atoms with Gasteiger partial charge in [-0.25, -0.2) is 13.7 Å². The first-order valence-corrected chi connectivity index (χ1v) is 10.2. The molecule has 0 unspecified atom stereocenters. The maximum atomic E-state index is 13.1. The molecule has 9 heteroatoms. The SMILES string of the molecule is O=C(Nc1ccc(Cl)cc1)N1CCc2c(sc3nc(-c4ccc(F)cc4)nn23)C1. The van der Waals surface area contributed by atoms with Crippen LogP contribution in [0.3, 0.4) is 0 Å². The molecule has 1 aliphatic heterocycles. The van der Waals surface area contributed by atoms with Crippen LogP contribution in [-0.4, -0.2) is 32.1 Å². The highest BCUT2D eigenvalue weighted by Gasteiger charge is 2.26. The minimum atomic E-state index is -0.288. The maximum Gasteiger partial charge on any atom is 0.322 e. The summed E-state index contributed by atoms with van der Waals surface area (Å²) in [5.74, 6) is 0.283. The van der Waals surface area contributed by atoms with Crippen molar-refractivity contribution in [2.24, 2.45) is 0 Å². The zero-order chi connectivity index (χ0) is 20.0. The highest BCUT2D eigenvalue weighted by molar-refractivity contribution is 7.17. The average Bonchev–Trinajstić information content (AvgIpc) is 3.27. The number of urea groups is 1. The van der Waals surface area contributed by atoms with Gasteiger partial charge in [0.05, 0.1) is 12.2 Å². The highest BCUT2D eigenvalue weighted by Crippen LogP contribution is 2.30. The predicted octanol–water partition coefficient (Wildman–Crippen LogP) is 4.84. The average molecular weight is 428 g/mol. The van der Waals surface area contributed by atoms with Gasteiger partial charge in [0.1, 0.15) is 5.82 Å². The molecule has 2 amide bonds. The van der Waals surface area contributed by atoms with E-state index in [0.29, 0.717) is 36.0 Å². The molecule has 0 saturated carbocycles. The van der Waals surface area contributed by atoms with Crippen LogP contribution >= 0.6 is 22.9 Å². The van der Waals surface area contributed by atoms with Crippen LogP contribution in [0.2, 0.25) is 5.02 Å². The van der Waals surface area contributed by atoms with E-state index in [2.05, 4.69) is 15.4 Å². The van der Waals surface area contributed by atoms with Crippen LogP contribution in [0.5, 0.6) is 0 Å². The van der Waals surface area contributed by atoms with Gasteiger partial charge in [-0.3, -0.25) is 0 Å². The first kappa shape index (κ1) is 18.1. The Bertz CT molecular complexity index is 1200. The Balaban J connectivity index is 1.35. The fourth-order valence-electron chi connectivity index (χ4n) is 3.32. The molecule has 4 aromatic rings. The summed E-state index contributed by atoms with van der Waals surface area (Å²) >= 11 is 7.41. The minimum Gasteiger partial charge on any atom is -0.319 e. The largest absolute Gasteiger partial charge is 0.322 e. The van der Waals surface area contributed by atoms with Crippen LogP contribution in [0.4, 0.5) is 14.9 Å². The molecule has 2 aromatic carbocycles. The fraction of sp³-hybridized carbons (Fsp3) is 0.150. The number of nitrogens with one attached hydrogen (secondary N) is 1. The number of anilines is 1. The summed E-state index contributed by atoms with van der Waals surface area (Å²) in [4.78, 5) is 20.8. The van der Waals surface area contributed by atoms with Crippen molar-refractivity contribution in [3.8, 4) is 11.4 Å². The number of halogens is 2. The number of hydrogen-bond acceptors (Lipinski definition) is 4. The summed E-state index contributed by atoms with van der Waals surface area (Å²) in [6.45, 7) is 1.10. The number of amides is 2. The van der Waals surface area contributed by atoms with E-state index in [4.69, 9.17) is 11.6 Å². The standard InChI is InChI=1S/C20H15ClFN5OS/c21-13-3-7-15(8-4-13)23-19(28)26-10-9-16-17(11-26)29-20-24-18(25-27(16)20)12-1-5-14(22)6-2-12/h1-8H,9-11H2,(H,23,28). The third-order valence-corrected chi connectivity index (χ3v) is 6.12. The molecule has 0 atom stereocenters. The quantitative estimate of drug-likeness (QED) is 0.498. The number of fused-ring (bicyclic) bond motifs is 3. The molecule has 0 fully saturated rings. The molecule has 1 N–H and O–H groups in total. The van der Waals surface area contributed by atoms with Crippen molar-refractivity contribution in [2.45, 2.75) is 13.0 Å². The van der Waals surface area contributed by atoms with Crippen molar-refractivity contribution in [3.63, 3.8) is 0 Å². The van der Waals surface area contributed by atoms with Crippen LogP contribution in [0.15, 0.2) is 48.5 Å². The lowest BCUT2D eigenvalue weighted by Crippen LogP contribution is -2.38. The van der Waals surface area contributed by atoms with Gasteiger partial charge >= 0.3 is 6.03 Å². The number of thiazole rings is 1. The van der Waals surface area contributed by atoms with Gasteiger partial charge in [-0.1, -0.05) is 22.9 Å². The fourth-order valence-corrected chi connectivity index (χ4v) is 4.56. The number of carbonyl (C=O) groups is 1. The Morgan fingerprint density at radius 1 is 1.14 bits per heavy atom. The number of hydrogen-bond donors (Lipinski definition) is 1. The maximum absolute atomic E-state index is 13.1. The number of aromatic nitrogens is 3. The van der Waals surface area contributed by atoms with E-state index < -0.39 is 0 Å². The van der Waals surface area contributed by atoms with E-state index in [-0.39, 0.29) is 11.8 Å². The van der Waals surface area contributed by atoms with E-state index in [0.717, 1.165) is 21.1 Å². The molecule has 3 heterocycles. The van der Waals surface area contributed by atoms with Gasteiger partial charge in [0.2, 0.25) is 4.96 Å². The minimum absolute atomic E-state index is 0.149. The van der Waals surface area contributed by atoms with Crippen molar-refractivity contribution in [3.05, 3.63) is 69.9 Å². The molecule has 146 valence electrons. The summed E-state index contributed by atoms with van der Waals surface area (Å²) < 4.78 is 15.0. The van der Waals surface area contributed by atoms with Gasteiger partial charge < -0.3 is 10.2 Å². The number of rotatable bonds is 2. The lowest BCUT2D eigenvalue weighted by molar-refractivity contribution is 0.206. The van der Waals surface area contributed by atoms with Crippen molar-refractivity contribution in [1.29, 1.82) is 0 Å². The van der Waals surface area contributed by atoms with Gasteiger partial charge in [0, 0.05) is 34.1 Å². The first-order chi connectivity index (χ1) is 14.1. The van der Waals surface area contributed by atoms with E-state index in [1.165, 1.54) is 23.5 Å². The van der Waals surface area contributed by atoms with Crippen molar-refractivity contribution < 1.29 is 9.18 Å². The molecule has 0 aliphatic carbocycles. The normalized spacial score (nSPS) is 13.5. The third kappa shape index (κ3) is 3.45. The van der Waals surface area contributed by atoms with Gasteiger partial charge in [-0.2, -0.15) is 4.98 Å². The molecular formula is C20H15ClFN5OS. The number of nitrogens with zero attached hydrogens (tertiary/aromatic N) is 4. The number of carbonyl (C=O) groups excluding carboxylic acids is 1. The number of benzene rings is 2. The molecule has 0 saturated heterocycles. The Hall–Kier alpha value is -2.97. The van der Waals surface area contributed by atoms with Crippen LogP contribution in [0.25, 0.3) is 16.3 Å². The lowest BCUT2D eigenvalue weighted by Gasteiger charge is -2.26. The van der Waals surface area contributed by atoms with E-state index in [1.807, 2.05) is 4.52 Å². The lowest BCUT2D eigenvalue weighted by atomic mass is 10.2. The van der Waals surface area contributed by atoms with Gasteiger partial charge in [0.15, 0.2) is 5.82 Å². The Morgan fingerprint density at radius 2 is 1.90 bits per heavy atom. The van der Waals surface area contributed by atoms with Crippen molar-refractivity contribution in [1.82, 2.24) is 19.5 Å². The predicted molar refractivity (Wildman–Crippen MR) is 111 cm³/mol. The van der Waals surface area contributed by atoms with Crippen molar-refractivity contribution >= 4 is 39.6 Å². The second kappa shape index (κ2) is 7.13. The molecule has 2 aromatic heterocycles. The Labute approximate surface area is 174 Å². The Kier molecular flexibility index (Phi) is 4.44. The second-order valence-corrected chi connectivity index (χ2v) is 8.22. The summed E-state index contributed by atoms with van der Waals surface area (Å²) in [5, 5.41) is 8.12. The van der Waals surface area contributed by atoms with Crippen LogP contribution < -0.4 is 5.32 Å². The highest BCUT2D eigenvalue weighted by atomic mass is 35.5. The van der Waals surface area contributed by atoms with Gasteiger partial charge in [-0.15, -0.1) is 5.10 Å². The molecule has 5 rings (SSSR count). The molecule has 0 spiro atoms. The Morgan fingerprint density at radius 3 is 2.66 bits per heavy atom. The van der Waals surface area contributed by atoms with Crippen LogP contribution in [0, 0.1) is 5.82 Å². The van der Waals surface area contributed by atoms with E-state index >= 15 is 0 Å². The van der Waals surface area contributed by atoms with E-state index in [1.54, 1.807) is 41.3 Å². The van der Waals surface area contributed by atoms with Crippen LogP contribution in [-0.2, 0) is 13.0 Å². The summed E-state index contributed by atoms with van der Waals surface area (Å²) in [6.07, 6.45) is 0.690. The van der Waals surface area contributed by atoms with Crippen LogP contribution in [0.1, 0.15) is 10.6 Å². The first-order valence-electron chi connectivity index (χ1n) is 9.01. The van der Waals surface area contributed by atoms with E-state index in [9.17, 15) is 9.18 Å². The zero-order valence-corrected chi connectivity index (χ0v) is 16.7. The zero-order valence-electron chi connectivity index (χ0n) is 15.1. The van der Waals surface area contributed by atoms with Gasteiger partial charge in [0.25, 0.3) is 0 Å². The molecule has 0 radical (unpaired) electrons.